The maximum atomic E-state index is 12.3. The van der Waals surface area contributed by atoms with Crippen LogP contribution >= 0.6 is 0 Å². The number of likely N-dealkylation sites (tertiary alicyclic amines) is 1. The van der Waals surface area contributed by atoms with Gasteiger partial charge in [0, 0.05) is 12.0 Å². The van der Waals surface area contributed by atoms with E-state index in [4.69, 9.17) is 5.11 Å². The standard InChI is InChI=1S/C12H19NO3/c1-12(6-2-3-7-12)11(16)13-8-4-5-9(13)10(14)15/h9H,2-8H2,1H3,(H,14,15). The highest BCUT2D eigenvalue weighted by molar-refractivity contribution is 5.88. The minimum atomic E-state index is -0.854. The van der Waals surface area contributed by atoms with Crippen molar-refractivity contribution in [1.29, 1.82) is 0 Å². The van der Waals surface area contributed by atoms with E-state index in [-0.39, 0.29) is 11.3 Å². The van der Waals surface area contributed by atoms with E-state index in [1.807, 2.05) is 6.92 Å². The van der Waals surface area contributed by atoms with Crippen molar-refractivity contribution < 1.29 is 14.7 Å². The van der Waals surface area contributed by atoms with E-state index in [0.717, 1.165) is 32.1 Å². The molecule has 1 saturated carbocycles. The Morgan fingerprint density at radius 1 is 1.25 bits per heavy atom. The van der Waals surface area contributed by atoms with Crippen molar-refractivity contribution in [3.05, 3.63) is 0 Å². The fraction of sp³-hybridized carbons (Fsp3) is 0.833. The first-order valence-corrected chi connectivity index (χ1v) is 6.08. The zero-order valence-electron chi connectivity index (χ0n) is 9.74. The number of carbonyl (C=O) groups excluding carboxylic acids is 1. The van der Waals surface area contributed by atoms with Crippen LogP contribution in [0.1, 0.15) is 45.4 Å². The van der Waals surface area contributed by atoms with E-state index >= 15 is 0 Å². The van der Waals surface area contributed by atoms with Gasteiger partial charge in [-0.2, -0.15) is 0 Å². The van der Waals surface area contributed by atoms with Gasteiger partial charge in [0.25, 0.3) is 0 Å². The Labute approximate surface area is 95.6 Å². The summed E-state index contributed by atoms with van der Waals surface area (Å²) in [5.41, 5.74) is -0.294. The van der Waals surface area contributed by atoms with Crippen molar-refractivity contribution in [3.63, 3.8) is 0 Å². The molecule has 1 unspecified atom stereocenters. The number of amides is 1. The molecule has 0 aromatic carbocycles. The quantitative estimate of drug-likeness (QED) is 0.777. The Hall–Kier alpha value is -1.06. The minimum absolute atomic E-state index is 0.0647. The third-order valence-electron chi connectivity index (χ3n) is 4.02. The summed E-state index contributed by atoms with van der Waals surface area (Å²) in [4.78, 5) is 25.0. The maximum absolute atomic E-state index is 12.3. The van der Waals surface area contributed by atoms with E-state index in [2.05, 4.69) is 0 Å². The lowest BCUT2D eigenvalue weighted by Crippen LogP contribution is -2.46. The van der Waals surface area contributed by atoms with Crippen LogP contribution in [-0.4, -0.2) is 34.5 Å². The third-order valence-corrected chi connectivity index (χ3v) is 4.02. The molecule has 1 aliphatic carbocycles. The monoisotopic (exact) mass is 225 g/mol. The zero-order valence-corrected chi connectivity index (χ0v) is 9.74. The first kappa shape index (κ1) is 11.4. The average Bonchev–Trinajstić information content (AvgIpc) is 2.85. The molecule has 2 aliphatic rings. The number of carboxylic acids is 1. The van der Waals surface area contributed by atoms with E-state index in [0.29, 0.717) is 13.0 Å². The van der Waals surface area contributed by atoms with Crippen LogP contribution < -0.4 is 0 Å². The number of nitrogens with zero attached hydrogens (tertiary/aromatic N) is 1. The second-order valence-corrected chi connectivity index (χ2v) is 5.26. The number of aliphatic carboxylic acids is 1. The number of hydrogen-bond acceptors (Lipinski definition) is 2. The average molecular weight is 225 g/mol. The molecule has 0 bridgehead atoms. The largest absolute Gasteiger partial charge is 0.480 e. The van der Waals surface area contributed by atoms with Crippen molar-refractivity contribution in [1.82, 2.24) is 4.90 Å². The summed E-state index contributed by atoms with van der Waals surface area (Å²) in [5.74, 6) is -0.789. The van der Waals surface area contributed by atoms with E-state index in [1.54, 1.807) is 4.90 Å². The van der Waals surface area contributed by atoms with Crippen LogP contribution in [0.15, 0.2) is 0 Å². The lowest BCUT2D eigenvalue weighted by Gasteiger charge is -2.31. The first-order valence-electron chi connectivity index (χ1n) is 6.08. The summed E-state index contributed by atoms with van der Waals surface area (Å²) in [5, 5.41) is 9.07. The van der Waals surface area contributed by atoms with Gasteiger partial charge in [-0.25, -0.2) is 4.79 Å². The highest BCUT2D eigenvalue weighted by atomic mass is 16.4. The third kappa shape index (κ3) is 1.81. The minimum Gasteiger partial charge on any atom is -0.480 e. The second kappa shape index (κ2) is 4.07. The van der Waals surface area contributed by atoms with Crippen LogP contribution in [0, 0.1) is 5.41 Å². The SMILES string of the molecule is CC1(C(=O)N2CCCC2C(=O)O)CCCC1. The van der Waals surface area contributed by atoms with Crippen molar-refractivity contribution in [2.75, 3.05) is 6.54 Å². The Bertz CT molecular complexity index is 307. The Balaban J connectivity index is 2.12. The fourth-order valence-electron chi connectivity index (χ4n) is 2.98. The highest BCUT2D eigenvalue weighted by Crippen LogP contribution is 2.40. The summed E-state index contributed by atoms with van der Waals surface area (Å²) in [6.07, 6.45) is 5.43. The Kier molecular flexibility index (Phi) is 2.91. The summed E-state index contributed by atoms with van der Waals surface area (Å²) in [7, 11) is 0. The number of carboxylic acid groups (broad SMARTS) is 1. The van der Waals surface area contributed by atoms with Crippen LogP contribution in [0.3, 0.4) is 0 Å². The van der Waals surface area contributed by atoms with Crippen LogP contribution in [0.2, 0.25) is 0 Å². The predicted molar refractivity (Wildman–Crippen MR) is 58.9 cm³/mol. The van der Waals surface area contributed by atoms with Gasteiger partial charge in [0.1, 0.15) is 6.04 Å². The van der Waals surface area contributed by atoms with Crippen molar-refractivity contribution >= 4 is 11.9 Å². The summed E-state index contributed by atoms with van der Waals surface area (Å²) >= 11 is 0. The molecule has 0 aromatic rings. The summed E-state index contributed by atoms with van der Waals surface area (Å²) < 4.78 is 0. The molecule has 1 aliphatic heterocycles. The second-order valence-electron chi connectivity index (χ2n) is 5.26. The fourth-order valence-corrected chi connectivity index (χ4v) is 2.98. The molecular formula is C12H19NO3. The van der Waals surface area contributed by atoms with E-state index in [1.165, 1.54) is 0 Å². The van der Waals surface area contributed by atoms with Crippen molar-refractivity contribution in [3.8, 4) is 0 Å². The lowest BCUT2D eigenvalue weighted by atomic mass is 9.87. The van der Waals surface area contributed by atoms with Gasteiger partial charge in [0.2, 0.25) is 5.91 Å². The predicted octanol–water partition coefficient (Wildman–Crippen LogP) is 1.64. The van der Waals surface area contributed by atoms with E-state index < -0.39 is 12.0 Å². The highest BCUT2D eigenvalue weighted by Gasteiger charge is 2.44. The van der Waals surface area contributed by atoms with Crippen molar-refractivity contribution in [2.45, 2.75) is 51.5 Å². The van der Waals surface area contributed by atoms with Gasteiger partial charge < -0.3 is 10.0 Å². The lowest BCUT2D eigenvalue weighted by molar-refractivity contribution is -0.152. The number of rotatable bonds is 2. The van der Waals surface area contributed by atoms with Gasteiger partial charge in [-0.3, -0.25) is 4.79 Å². The molecular weight excluding hydrogens is 206 g/mol. The molecule has 0 spiro atoms. The molecule has 0 aromatic heterocycles. The van der Waals surface area contributed by atoms with Gasteiger partial charge in [-0.1, -0.05) is 19.8 Å². The maximum Gasteiger partial charge on any atom is 0.326 e. The summed E-state index contributed by atoms with van der Waals surface area (Å²) in [6, 6.07) is -0.579. The first-order chi connectivity index (χ1) is 7.54. The van der Waals surface area contributed by atoms with Gasteiger partial charge in [0.05, 0.1) is 0 Å². The summed E-state index contributed by atoms with van der Waals surface area (Å²) in [6.45, 7) is 2.60. The number of carbonyl (C=O) groups is 2. The molecule has 16 heavy (non-hydrogen) atoms. The van der Waals surface area contributed by atoms with Crippen LogP contribution in [0.4, 0.5) is 0 Å². The molecule has 4 heteroatoms. The molecule has 2 fully saturated rings. The zero-order chi connectivity index (χ0) is 11.8. The van der Waals surface area contributed by atoms with Crippen LogP contribution in [-0.2, 0) is 9.59 Å². The van der Waals surface area contributed by atoms with Gasteiger partial charge in [-0.05, 0) is 25.7 Å². The molecule has 0 radical (unpaired) electrons. The number of hydrogen-bond donors (Lipinski definition) is 1. The van der Waals surface area contributed by atoms with Gasteiger partial charge in [-0.15, -0.1) is 0 Å². The van der Waals surface area contributed by atoms with Gasteiger partial charge in [0.15, 0.2) is 0 Å². The topological polar surface area (TPSA) is 57.6 Å². The molecule has 1 saturated heterocycles. The normalized spacial score (nSPS) is 28.3. The Morgan fingerprint density at radius 3 is 2.44 bits per heavy atom. The van der Waals surface area contributed by atoms with Crippen LogP contribution in [0.25, 0.3) is 0 Å². The molecule has 1 heterocycles. The molecule has 90 valence electrons. The van der Waals surface area contributed by atoms with Gasteiger partial charge >= 0.3 is 5.97 Å². The molecule has 1 atom stereocenters. The van der Waals surface area contributed by atoms with E-state index in [9.17, 15) is 9.59 Å². The molecule has 2 rings (SSSR count). The smallest absolute Gasteiger partial charge is 0.326 e. The Morgan fingerprint density at radius 2 is 1.88 bits per heavy atom. The van der Waals surface area contributed by atoms with Crippen LogP contribution in [0.5, 0.6) is 0 Å². The molecule has 4 nitrogen and oxygen atoms in total. The molecule has 1 N–H and O–H groups in total. The molecule has 1 amide bonds. The van der Waals surface area contributed by atoms with Crippen molar-refractivity contribution in [2.24, 2.45) is 5.41 Å².